The van der Waals surface area contributed by atoms with Gasteiger partial charge >= 0.3 is 11.8 Å². The molecule has 57 heavy (non-hydrogen) atoms. The molecular formula is C41H49N3O12S. The van der Waals surface area contributed by atoms with E-state index in [0.29, 0.717) is 0 Å². The van der Waals surface area contributed by atoms with Crippen LogP contribution >= 0.6 is 11.3 Å². The zero-order valence-corrected chi connectivity index (χ0v) is 34.0. The number of hydrogen-bond donors (Lipinski definition) is 6. The summed E-state index contributed by atoms with van der Waals surface area (Å²) in [6, 6.07) is 0. The first-order valence-corrected chi connectivity index (χ1v) is 19.2. The number of anilines is 1. The summed E-state index contributed by atoms with van der Waals surface area (Å²) in [6.45, 7) is 12.4. The number of methoxy groups -OCH3 is 1. The van der Waals surface area contributed by atoms with E-state index in [0.717, 1.165) is 0 Å². The van der Waals surface area contributed by atoms with Crippen molar-refractivity contribution in [3.8, 4) is 23.0 Å². The van der Waals surface area contributed by atoms with Crippen molar-refractivity contribution in [1.82, 2.24) is 4.98 Å². The lowest BCUT2D eigenvalue weighted by molar-refractivity contribution is -0.160. The monoisotopic (exact) mass is 807 g/mol. The first-order valence-electron chi connectivity index (χ1n) is 18.4. The highest BCUT2D eigenvalue weighted by atomic mass is 32.1. The summed E-state index contributed by atoms with van der Waals surface area (Å²) in [5, 5.41) is 62.0. The Morgan fingerprint density at radius 1 is 1.00 bits per heavy atom. The van der Waals surface area contributed by atoms with Crippen molar-refractivity contribution in [2.45, 2.75) is 85.6 Å². The number of ketones is 1. The van der Waals surface area contributed by atoms with E-state index in [2.05, 4.69) is 15.3 Å². The number of amides is 1. The Labute approximate surface area is 334 Å². The van der Waals surface area contributed by atoms with Gasteiger partial charge in [-0.2, -0.15) is 0 Å². The summed E-state index contributed by atoms with van der Waals surface area (Å²) in [5.41, 5.74) is -0.536. The number of nitrogens with zero attached hydrogens (tertiary/aromatic N) is 2. The van der Waals surface area contributed by atoms with Crippen molar-refractivity contribution >= 4 is 56.8 Å². The summed E-state index contributed by atoms with van der Waals surface area (Å²) in [4.78, 5) is 48.7. The molecule has 2 aromatic carbocycles. The predicted octanol–water partition coefficient (Wildman–Crippen LogP) is 5.96. The number of allylic oxidation sites excluding steroid dienone is 2. The van der Waals surface area contributed by atoms with Crippen LogP contribution in [0, 0.1) is 30.6 Å². The Kier molecular flexibility index (Phi) is 12.8. The molecule has 0 fully saturated rings. The van der Waals surface area contributed by atoms with Crippen LogP contribution in [0.1, 0.15) is 70.0 Å². The maximum atomic E-state index is 14.3. The number of Topliss-reactive ketones (excluding diaryl/α,β-unsaturated/α-hetero) is 1. The lowest BCUT2D eigenvalue weighted by atomic mass is 9.78. The number of nitrogens with one attached hydrogen (secondary N) is 1. The van der Waals surface area contributed by atoms with Crippen LogP contribution in [0.3, 0.4) is 0 Å². The van der Waals surface area contributed by atoms with E-state index in [1.165, 1.54) is 77.0 Å². The predicted molar refractivity (Wildman–Crippen MR) is 213 cm³/mol. The molecule has 6 rings (SSSR count). The zero-order chi connectivity index (χ0) is 42.1. The van der Waals surface area contributed by atoms with Crippen molar-refractivity contribution in [3.63, 3.8) is 0 Å². The van der Waals surface area contributed by atoms with Gasteiger partial charge in [-0.3, -0.25) is 14.4 Å². The lowest BCUT2D eigenvalue weighted by Gasteiger charge is -2.38. The molecular weight excluding hydrogens is 759 g/mol. The molecule has 9 atom stereocenters. The fraction of sp³-hybridized carbons (Fsp3) is 0.439. The number of fused-ring (bicyclic) bond motifs is 14. The van der Waals surface area contributed by atoms with Crippen molar-refractivity contribution in [3.05, 3.63) is 64.4 Å². The number of ether oxygens (including phenoxy) is 4. The number of hydrogen-bond acceptors (Lipinski definition) is 15. The van der Waals surface area contributed by atoms with Gasteiger partial charge < -0.3 is 49.8 Å². The van der Waals surface area contributed by atoms with E-state index in [1.807, 2.05) is 0 Å². The van der Waals surface area contributed by atoms with E-state index in [1.54, 1.807) is 45.2 Å². The third-order valence-corrected chi connectivity index (χ3v) is 11.4. The number of aliphatic hydroxyl groups excluding tert-OH is 2. The standard InChI is InChI=1S/C41H49N3O12S/c1-18-11-10-12-19(2)39(52)44-30-25(17-43-40-42-14-16-57-40)34(49)27-28(35(30)50)33(48)23(6)37-29(27)38(51)41(8,56-37)54-15-13-26(53-9)20(3)36(55-24(7)45)22(5)32(47)21(4)31(18)46/h10-18,20-22,26,31-32,36,46-50H,1-9H3,(H,44,52)/b11-10+,15-13+,19-12-,43-17?/t18-,20+,21+,22+,26-,31-,32+,36+,41-/m0/s1. The minimum absolute atomic E-state index is 0.0377. The Balaban J connectivity index is 1.72. The molecule has 1 amide bonds. The average molecular weight is 808 g/mol. The highest BCUT2D eigenvalue weighted by Gasteiger charge is 2.50. The number of aromatic hydroxyl groups is 3. The minimum Gasteiger partial charge on any atom is -0.507 e. The first kappa shape index (κ1) is 42.8. The smallest absolute Gasteiger partial charge is 0.312 e. The number of phenols is 3. The van der Waals surface area contributed by atoms with Crippen LogP contribution in [0.2, 0.25) is 0 Å². The number of benzene rings is 2. The number of carbonyl (C=O) groups excluding carboxylic acids is 3. The van der Waals surface area contributed by atoms with Gasteiger partial charge in [0.15, 0.2) is 5.75 Å². The van der Waals surface area contributed by atoms with Crippen LogP contribution < -0.4 is 10.1 Å². The van der Waals surface area contributed by atoms with E-state index in [-0.39, 0.29) is 49.6 Å². The van der Waals surface area contributed by atoms with Gasteiger partial charge in [-0.25, -0.2) is 9.98 Å². The Morgan fingerprint density at radius 3 is 2.33 bits per heavy atom. The average Bonchev–Trinajstić information content (AvgIpc) is 3.79. The zero-order valence-electron chi connectivity index (χ0n) is 33.1. The fourth-order valence-corrected chi connectivity index (χ4v) is 7.75. The van der Waals surface area contributed by atoms with Crippen molar-refractivity contribution in [2.75, 3.05) is 12.4 Å². The Bertz CT molecular complexity index is 2160. The molecule has 0 spiro atoms. The van der Waals surface area contributed by atoms with Crippen molar-refractivity contribution in [1.29, 1.82) is 0 Å². The number of carbonyl (C=O) groups is 3. The largest absolute Gasteiger partial charge is 0.507 e. The second-order valence-electron chi connectivity index (χ2n) is 14.7. The van der Waals surface area contributed by atoms with E-state index < -0.39 is 88.8 Å². The Hall–Kier alpha value is -5.29. The van der Waals surface area contributed by atoms with Crippen LogP contribution in [0.25, 0.3) is 10.8 Å². The number of aliphatic hydroxyl groups is 2. The highest BCUT2D eigenvalue weighted by molar-refractivity contribution is 7.13. The van der Waals surface area contributed by atoms with Gasteiger partial charge in [-0.1, -0.05) is 45.9 Å². The molecule has 16 heteroatoms. The molecule has 4 heterocycles. The van der Waals surface area contributed by atoms with Crippen LogP contribution in [-0.4, -0.2) is 91.7 Å². The maximum Gasteiger partial charge on any atom is 0.312 e. The van der Waals surface area contributed by atoms with E-state index in [9.17, 15) is 39.9 Å². The molecule has 15 nitrogen and oxygen atoms in total. The molecule has 5 bridgehead atoms. The van der Waals surface area contributed by atoms with Gasteiger partial charge in [-0.15, -0.1) is 11.3 Å². The van der Waals surface area contributed by atoms with Crippen LogP contribution in [0.5, 0.6) is 23.0 Å². The molecule has 1 aromatic heterocycles. The molecule has 0 aliphatic carbocycles. The van der Waals surface area contributed by atoms with E-state index in [4.69, 9.17) is 18.9 Å². The fourth-order valence-electron chi connectivity index (χ4n) is 7.27. The first-order chi connectivity index (χ1) is 26.8. The Morgan fingerprint density at radius 2 is 1.70 bits per heavy atom. The second-order valence-corrected chi connectivity index (χ2v) is 15.6. The number of esters is 1. The third kappa shape index (κ3) is 8.26. The second kappa shape index (κ2) is 17.1. The van der Waals surface area contributed by atoms with Crippen molar-refractivity contribution in [2.24, 2.45) is 28.7 Å². The number of thiazole rings is 1. The summed E-state index contributed by atoms with van der Waals surface area (Å²) >= 11 is 1.18. The summed E-state index contributed by atoms with van der Waals surface area (Å²) in [5.74, 6) is -8.57. The highest BCUT2D eigenvalue weighted by Crippen LogP contribution is 2.55. The summed E-state index contributed by atoms with van der Waals surface area (Å²) in [7, 11) is 1.43. The van der Waals surface area contributed by atoms with Crippen molar-refractivity contribution < 1.29 is 58.9 Å². The summed E-state index contributed by atoms with van der Waals surface area (Å²) < 4.78 is 23.5. The van der Waals surface area contributed by atoms with Crippen LogP contribution in [0.4, 0.5) is 10.8 Å². The topological polar surface area (TPSA) is 227 Å². The van der Waals surface area contributed by atoms with Gasteiger partial charge in [0.2, 0.25) is 5.13 Å². The van der Waals surface area contributed by atoms with Gasteiger partial charge in [0.1, 0.15) is 23.4 Å². The number of aromatic nitrogens is 1. The quantitative estimate of drug-likeness (QED) is 0.0775. The van der Waals surface area contributed by atoms with Gasteiger partial charge in [0, 0.05) is 78.9 Å². The summed E-state index contributed by atoms with van der Waals surface area (Å²) in [6.07, 6.45) is 6.15. The van der Waals surface area contributed by atoms with Crippen LogP contribution in [-0.2, 0) is 23.8 Å². The molecule has 0 radical (unpaired) electrons. The number of aliphatic imine (C=N–C) groups is 1. The molecule has 6 N–H and O–H groups in total. The number of phenolic OH excluding ortho intramolecular Hbond substituents is 3. The minimum atomic E-state index is -2.06. The normalized spacial score (nSPS) is 30.8. The molecule has 3 aromatic rings. The molecule has 0 saturated heterocycles. The van der Waals surface area contributed by atoms with Gasteiger partial charge in [0.05, 0.1) is 46.8 Å². The SMILES string of the molecule is CO[C@H]1/C=C/O[C@@]2(C)Oc3c(C)c(O)c4c(O)c(c(C=Nc5nccs5)c(O)c4c3C2=O)NC(=O)/C(C)=C\C=C\[C@H](C)[C@H](O)[C@@H](C)[C@@H](O)[C@@H](C)[C@H](OC(C)=O)[C@@H]1C. The molecule has 0 unspecified atom stereocenters. The number of rotatable bonds is 4. The molecule has 3 aliphatic rings. The maximum absolute atomic E-state index is 14.3. The molecule has 3 aliphatic heterocycles. The van der Waals surface area contributed by atoms with Crippen LogP contribution in [0.15, 0.2) is 52.7 Å². The van der Waals surface area contributed by atoms with Gasteiger partial charge in [-0.05, 0) is 19.9 Å². The molecule has 0 saturated carbocycles. The van der Waals surface area contributed by atoms with Gasteiger partial charge in [0.25, 0.3) is 11.7 Å². The molecule has 306 valence electrons. The third-order valence-electron chi connectivity index (χ3n) is 10.8. The van der Waals surface area contributed by atoms with E-state index >= 15 is 0 Å². The lowest BCUT2D eigenvalue weighted by Crippen LogP contribution is -2.46.